The summed E-state index contributed by atoms with van der Waals surface area (Å²) in [6.07, 6.45) is 3.58. The molecule has 1 rings (SSSR count). The van der Waals surface area contributed by atoms with E-state index in [1.54, 1.807) is 0 Å². The van der Waals surface area contributed by atoms with E-state index in [1.807, 2.05) is 24.3 Å². The lowest BCUT2D eigenvalue weighted by Crippen LogP contribution is -1.90. The van der Waals surface area contributed by atoms with Crippen molar-refractivity contribution < 1.29 is 9.09 Å². The van der Waals surface area contributed by atoms with Crippen molar-refractivity contribution in [3.63, 3.8) is 0 Å². The lowest BCUT2D eigenvalue weighted by atomic mass is 10.1. The first kappa shape index (κ1) is 12.2. The molecular weight excluding hydrogens is 207 g/mol. The first-order valence-corrected chi connectivity index (χ1v) is 6.84. The van der Waals surface area contributed by atoms with Crippen molar-refractivity contribution in [3.8, 4) is 5.75 Å². The van der Waals surface area contributed by atoms with E-state index in [1.165, 1.54) is 0 Å². The van der Waals surface area contributed by atoms with E-state index in [0.717, 1.165) is 30.6 Å². The number of para-hydroxylation sites is 1. The Morgan fingerprint density at radius 3 is 2.67 bits per heavy atom. The molecule has 0 N–H and O–H groups in total. The third-order valence-corrected chi connectivity index (χ3v) is 3.33. The molecule has 0 saturated heterocycles. The van der Waals surface area contributed by atoms with Crippen LogP contribution < -0.4 is 4.52 Å². The molecule has 82 valence electrons. The van der Waals surface area contributed by atoms with Crippen LogP contribution >= 0.6 is 8.03 Å². The van der Waals surface area contributed by atoms with E-state index < -0.39 is 8.03 Å². The second kappa shape index (κ2) is 6.58. The number of hydrogen-bond donors (Lipinski definition) is 0. The van der Waals surface area contributed by atoms with Gasteiger partial charge in [-0.1, -0.05) is 38.5 Å². The third-order valence-electron chi connectivity index (χ3n) is 2.25. The van der Waals surface area contributed by atoms with Crippen molar-refractivity contribution in [3.05, 3.63) is 29.8 Å². The van der Waals surface area contributed by atoms with Gasteiger partial charge in [-0.15, -0.1) is 0 Å². The average molecular weight is 225 g/mol. The van der Waals surface area contributed by atoms with Gasteiger partial charge < -0.3 is 0 Å². The summed E-state index contributed by atoms with van der Waals surface area (Å²) in [6.45, 7) is 4.16. The summed E-state index contributed by atoms with van der Waals surface area (Å²) in [5, 5.41) is 0. The van der Waals surface area contributed by atoms with Gasteiger partial charge in [-0.25, -0.2) is 0 Å². The van der Waals surface area contributed by atoms with Gasteiger partial charge in [0.25, 0.3) is 0 Å². The summed E-state index contributed by atoms with van der Waals surface area (Å²) in [7, 11) is -1.53. The van der Waals surface area contributed by atoms with Gasteiger partial charge in [0.1, 0.15) is 0 Å². The van der Waals surface area contributed by atoms with Crippen LogP contribution in [0.4, 0.5) is 0 Å². The highest BCUT2D eigenvalue weighted by Crippen LogP contribution is 2.30. The highest BCUT2D eigenvalue weighted by atomic mass is 31.1. The van der Waals surface area contributed by atoms with Crippen LogP contribution in [0.2, 0.25) is 0 Å². The molecule has 0 bridgehead atoms. The summed E-state index contributed by atoms with van der Waals surface area (Å²) in [5.41, 5.74) is 1.12. The molecule has 0 spiro atoms. The van der Waals surface area contributed by atoms with Crippen LogP contribution in [-0.4, -0.2) is 6.16 Å². The van der Waals surface area contributed by atoms with Crippen LogP contribution in [0, 0.1) is 0 Å². The number of rotatable bonds is 6. The molecule has 0 radical (unpaired) electrons. The van der Waals surface area contributed by atoms with Gasteiger partial charge in [-0.2, -0.15) is 0 Å². The van der Waals surface area contributed by atoms with E-state index in [4.69, 9.17) is 4.52 Å². The average Bonchev–Trinajstić information content (AvgIpc) is 2.27. The Balaban J connectivity index is 2.59. The third kappa shape index (κ3) is 4.01. The second-order valence-electron chi connectivity index (χ2n) is 3.46. The van der Waals surface area contributed by atoms with Gasteiger partial charge in [-0.05, 0) is 29.0 Å². The maximum Gasteiger partial charge on any atom is 0.556 e. The van der Waals surface area contributed by atoms with Crippen LogP contribution in [0.15, 0.2) is 24.3 Å². The van der Waals surface area contributed by atoms with Crippen molar-refractivity contribution in [2.45, 2.75) is 33.1 Å². The van der Waals surface area contributed by atoms with Gasteiger partial charge in [0.2, 0.25) is 0 Å². The first-order valence-electron chi connectivity index (χ1n) is 5.48. The molecule has 0 aromatic heterocycles. The lowest BCUT2D eigenvalue weighted by Gasteiger charge is -2.00. The highest BCUT2D eigenvalue weighted by molar-refractivity contribution is 7.39. The summed E-state index contributed by atoms with van der Waals surface area (Å²) >= 11 is 0. The lowest BCUT2D eigenvalue weighted by molar-refractivity contribution is 0.500. The minimum absolute atomic E-state index is 0.657. The molecule has 0 amide bonds. The summed E-state index contributed by atoms with van der Waals surface area (Å²) < 4.78 is 17.0. The zero-order valence-corrected chi connectivity index (χ0v) is 10.3. The molecular formula is C12H18O2P+. The Labute approximate surface area is 92.5 Å². The van der Waals surface area contributed by atoms with Crippen molar-refractivity contribution >= 4 is 8.03 Å². The maximum atomic E-state index is 11.6. The molecule has 15 heavy (non-hydrogen) atoms. The van der Waals surface area contributed by atoms with Crippen molar-refractivity contribution in [2.24, 2.45) is 0 Å². The molecule has 0 aliphatic heterocycles. The zero-order chi connectivity index (χ0) is 11.1. The molecule has 1 aromatic carbocycles. The van der Waals surface area contributed by atoms with E-state index in [-0.39, 0.29) is 0 Å². The fourth-order valence-corrected chi connectivity index (χ4v) is 2.39. The minimum atomic E-state index is -1.53. The van der Waals surface area contributed by atoms with Crippen LogP contribution in [0.5, 0.6) is 5.75 Å². The fourth-order valence-electron chi connectivity index (χ4n) is 1.33. The Morgan fingerprint density at radius 2 is 2.00 bits per heavy atom. The maximum absolute atomic E-state index is 11.6. The highest BCUT2D eigenvalue weighted by Gasteiger charge is 2.19. The predicted molar refractivity (Wildman–Crippen MR) is 63.8 cm³/mol. The second-order valence-corrected chi connectivity index (χ2v) is 4.76. The molecule has 2 nitrogen and oxygen atoms in total. The van der Waals surface area contributed by atoms with Crippen molar-refractivity contribution in [1.29, 1.82) is 0 Å². The molecule has 0 aliphatic carbocycles. The molecule has 1 aromatic rings. The van der Waals surface area contributed by atoms with E-state index in [0.29, 0.717) is 6.16 Å². The largest absolute Gasteiger partial charge is 0.556 e. The standard InChI is InChI=1S/C12H18O2P/c1-3-5-10-15(13)14-12-9-7-6-8-11(12)4-2/h6-9H,3-5,10H2,1-2H3/q+1. The van der Waals surface area contributed by atoms with E-state index in [9.17, 15) is 4.57 Å². The van der Waals surface area contributed by atoms with Crippen molar-refractivity contribution in [2.75, 3.05) is 6.16 Å². The van der Waals surface area contributed by atoms with E-state index >= 15 is 0 Å². The Hall–Kier alpha value is -0.880. The van der Waals surface area contributed by atoms with Gasteiger partial charge in [0, 0.05) is 0 Å². The predicted octanol–water partition coefficient (Wildman–Crippen LogP) is 4.17. The Kier molecular flexibility index (Phi) is 5.34. The molecule has 1 unspecified atom stereocenters. The van der Waals surface area contributed by atoms with Gasteiger partial charge >= 0.3 is 8.03 Å². The molecule has 0 aliphatic rings. The normalized spacial score (nSPS) is 11.2. The Morgan fingerprint density at radius 1 is 1.27 bits per heavy atom. The monoisotopic (exact) mass is 225 g/mol. The first-order chi connectivity index (χ1) is 7.27. The molecule has 0 fully saturated rings. The molecule has 0 heterocycles. The molecule has 1 atom stereocenters. The van der Waals surface area contributed by atoms with Gasteiger partial charge in [0.15, 0.2) is 11.9 Å². The Bertz CT molecular complexity index is 323. The zero-order valence-electron chi connectivity index (χ0n) is 9.40. The number of unbranched alkanes of at least 4 members (excludes halogenated alkanes) is 1. The van der Waals surface area contributed by atoms with Gasteiger partial charge in [-0.3, -0.25) is 4.52 Å². The van der Waals surface area contributed by atoms with Crippen LogP contribution in [0.25, 0.3) is 0 Å². The fraction of sp³-hybridized carbons (Fsp3) is 0.500. The smallest absolute Gasteiger partial charge is 0.254 e. The number of benzene rings is 1. The minimum Gasteiger partial charge on any atom is -0.254 e. The topological polar surface area (TPSA) is 26.3 Å². The van der Waals surface area contributed by atoms with Crippen LogP contribution in [0.3, 0.4) is 0 Å². The van der Waals surface area contributed by atoms with Crippen LogP contribution in [-0.2, 0) is 11.0 Å². The summed E-state index contributed by atoms with van der Waals surface area (Å²) in [6, 6.07) is 7.79. The summed E-state index contributed by atoms with van der Waals surface area (Å²) in [4.78, 5) is 0. The molecule has 3 heteroatoms. The SMILES string of the molecule is CCCC[P+](=O)Oc1ccccc1CC. The number of aryl methyl sites for hydroxylation is 1. The van der Waals surface area contributed by atoms with Crippen molar-refractivity contribution in [1.82, 2.24) is 0 Å². The number of hydrogen-bond acceptors (Lipinski definition) is 2. The molecule has 0 saturated carbocycles. The van der Waals surface area contributed by atoms with Gasteiger partial charge in [0.05, 0.1) is 0 Å². The quantitative estimate of drug-likeness (QED) is 0.679. The summed E-state index contributed by atoms with van der Waals surface area (Å²) in [5.74, 6) is 0.775. The van der Waals surface area contributed by atoms with Crippen LogP contribution in [0.1, 0.15) is 32.3 Å². The van der Waals surface area contributed by atoms with E-state index in [2.05, 4.69) is 13.8 Å².